The Morgan fingerprint density at radius 1 is 1.32 bits per heavy atom. The summed E-state index contributed by atoms with van der Waals surface area (Å²) in [5.41, 5.74) is 0.830. The van der Waals surface area contributed by atoms with E-state index in [9.17, 15) is 14.0 Å². The van der Waals surface area contributed by atoms with Crippen LogP contribution in [0.1, 0.15) is 38.2 Å². The van der Waals surface area contributed by atoms with Gasteiger partial charge in [-0.05, 0) is 42.9 Å². The summed E-state index contributed by atoms with van der Waals surface area (Å²) in [5.74, 6) is 0.977. The van der Waals surface area contributed by atoms with Crippen molar-refractivity contribution in [3.63, 3.8) is 0 Å². The van der Waals surface area contributed by atoms with E-state index < -0.39 is 0 Å². The van der Waals surface area contributed by atoms with Crippen LogP contribution in [0, 0.1) is 23.1 Å². The maximum Gasteiger partial charge on any atom is 0.225 e. The summed E-state index contributed by atoms with van der Waals surface area (Å²) in [6.45, 7) is 4.87. The van der Waals surface area contributed by atoms with E-state index in [1.165, 1.54) is 12.1 Å². The monoisotopic (exact) mass is 344 g/mol. The Labute approximate surface area is 148 Å². The third-order valence-electron chi connectivity index (χ3n) is 6.23. The quantitative estimate of drug-likeness (QED) is 0.846. The van der Waals surface area contributed by atoms with Gasteiger partial charge >= 0.3 is 0 Å². The van der Waals surface area contributed by atoms with E-state index in [2.05, 4.69) is 6.92 Å². The summed E-state index contributed by atoms with van der Waals surface area (Å²) in [4.78, 5) is 28.7. The summed E-state index contributed by atoms with van der Waals surface area (Å²) >= 11 is 0. The molecule has 4 rings (SSSR count). The maximum atomic E-state index is 13.4. The molecule has 0 unspecified atom stereocenters. The van der Waals surface area contributed by atoms with Crippen LogP contribution in [0.4, 0.5) is 4.39 Å². The number of amides is 2. The summed E-state index contributed by atoms with van der Waals surface area (Å²) < 4.78 is 13.4. The van der Waals surface area contributed by atoms with Crippen LogP contribution in [-0.2, 0) is 16.1 Å². The van der Waals surface area contributed by atoms with Crippen molar-refractivity contribution in [3.8, 4) is 0 Å². The molecule has 1 aromatic carbocycles. The number of benzene rings is 1. The number of hydrogen-bond donors (Lipinski definition) is 0. The average Bonchev–Trinajstić information content (AvgIpc) is 3.23. The highest BCUT2D eigenvalue weighted by molar-refractivity contribution is 5.82. The fourth-order valence-corrected chi connectivity index (χ4v) is 4.42. The predicted molar refractivity (Wildman–Crippen MR) is 92.0 cm³/mol. The molecule has 134 valence electrons. The van der Waals surface area contributed by atoms with Crippen LogP contribution >= 0.6 is 0 Å². The number of piperidine rings is 1. The van der Waals surface area contributed by atoms with Gasteiger partial charge in [-0.1, -0.05) is 19.1 Å². The molecule has 5 heteroatoms. The van der Waals surface area contributed by atoms with E-state index in [0.717, 1.165) is 44.5 Å². The summed E-state index contributed by atoms with van der Waals surface area (Å²) in [6, 6.07) is 6.46. The molecule has 1 aromatic rings. The Kier molecular flexibility index (Phi) is 4.05. The van der Waals surface area contributed by atoms with Gasteiger partial charge in [0, 0.05) is 43.9 Å². The number of carbonyl (C=O) groups is 2. The molecule has 25 heavy (non-hydrogen) atoms. The van der Waals surface area contributed by atoms with Crippen LogP contribution in [0.25, 0.3) is 0 Å². The van der Waals surface area contributed by atoms with E-state index >= 15 is 0 Å². The van der Waals surface area contributed by atoms with Crippen molar-refractivity contribution in [1.29, 1.82) is 0 Å². The van der Waals surface area contributed by atoms with E-state index in [4.69, 9.17) is 0 Å². The first-order valence-electron chi connectivity index (χ1n) is 9.27. The summed E-state index contributed by atoms with van der Waals surface area (Å²) in [7, 11) is 0. The molecule has 0 bridgehead atoms. The van der Waals surface area contributed by atoms with Gasteiger partial charge in [-0.25, -0.2) is 4.39 Å². The Morgan fingerprint density at radius 2 is 2.04 bits per heavy atom. The van der Waals surface area contributed by atoms with Crippen LogP contribution in [-0.4, -0.2) is 41.2 Å². The molecule has 2 saturated heterocycles. The first kappa shape index (κ1) is 16.6. The molecule has 2 atom stereocenters. The van der Waals surface area contributed by atoms with Crippen molar-refractivity contribution in [2.24, 2.45) is 17.3 Å². The molecule has 2 heterocycles. The normalized spacial score (nSPS) is 27.8. The van der Waals surface area contributed by atoms with Gasteiger partial charge in [-0.3, -0.25) is 9.59 Å². The fraction of sp³-hybridized carbons (Fsp3) is 0.600. The van der Waals surface area contributed by atoms with Gasteiger partial charge in [0.1, 0.15) is 5.82 Å². The number of likely N-dealkylation sites (tertiary alicyclic amines) is 2. The first-order chi connectivity index (χ1) is 12.0. The zero-order valence-corrected chi connectivity index (χ0v) is 14.7. The number of carbonyl (C=O) groups excluding carboxylic acids is 2. The lowest BCUT2D eigenvalue weighted by molar-refractivity contribution is -0.135. The predicted octanol–water partition coefficient (Wildman–Crippen LogP) is 2.82. The second-order valence-electron chi connectivity index (χ2n) is 8.20. The molecule has 0 aromatic heterocycles. The molecule has 4 nitrogen and oxygen atoms in total. The van der Waals surface area contributed by atoms with E-state index in [1.807, 2.05) is 15.9 Å². The third-order valence-corrected chi connectivity index (χ3v) is 6.23. The van der Waals surface area contributed by atoms with Crippen LogP contribution in [0.15, 0.2) is 24.3 Å². The van der Waals surface area contributed by atoms with Crippen LogP contribution in [0.5, 0.6) is 0 Å². The van der Waals surface area contributed by atoms with Crippen molar-refractivity contribution in [2.75, 3.05) is 19.6 Å². The van der Waals surface area contributed by atoms with Gasteiger partial charge in [-0.15, -0.1) is 0 Å². The minimum absolute atomic E-state index is 0.00362. The van der Waals surface area contributed by atoms with Crippen LogP contribution in [0.2, 0.25) is 0 Å². The van der Waals surface area contributed by atoms with E-state index in [-0.39, 0.29) is 23.1 Å². The summed E-state index contributed by atoms with van der Waals surface area (Å²) in [5, 5.41) is 0. The highest BCUT2D eigenvalue weighted by Crippen LogP contribution is 2.44. The van der Waals surface area contributed by atoms with Crippen molar-refractivity contribution >= 4 is 11.8 Å². The average molecular weight is 344 g/mol. The second-order valence-corrected chi connectivity index (χ2v) is 8.20. The largest absolute Gasteiger partial charge is 0.342 e. The van der Waals surface area contributed by atoms with Crippen molar-refractivity contribution < 1.29 is 14.0 Å². The Hall–Kier alpha value is -1.91. The fourth-order valence-electron chi connectivity index (χ4n) is 4.42. The molecule has 3 fully saturated rings. The highest BCUT2D eigenvalue weighted by Gasteiger charge is 2.47. The van der Waals surface area contributed by atoms with Gasteiger partial charge in [-0.2, -0.15) is 0 Å². The Morgan fingerprint density at radius 3 is 2.68 bits per heavy atom. The van der Waals surface area contributed by atoms with Crippen LogP contribution in [0.3, 0.4) is 0 Å². The number of hydrogen-bond acceptors (Lipinski definition) is 2. The van der Waals surface area contributed by atoms with Gasteiger partial charge in [0.2, 0.25) is 11.8 Å². The zero-order chi connectivity index (χ0) is 17.6. The maximum absolute atomic E-state index is 13.4. The number of nitrogens with zero attached hydrogens (tertiary/aromatic N) is 2. The van der Waals surface area contributed by atoms with Gasteiger partial charge < -0.3 is 9.80 Å². The lowest BCUT2D eigenvalue weighted by atomic mass is 9.77. The van der Waals surface area contributed by atoms with Gasteiger partial charge in [0.25, 0.3) is 0 Å². The van der Waals surface area contributed by atoms with Crippen LogP contribution < -0.4 is 0 Å². The molecule has 2 amide bonds. The molecule has 1 aliphatic carbocycles. The smallest absolute Gasteiger partial charge is 0.225 e. The molecular formula is C20H25FN2O2. The van der Waals surface area contributed by atoms with Gasteiger partial charge in [0.15, 0.2) is 0 Å². The molecule has 1 saturated carbocycles. The molecule has 2 aliphatic heterocycles. The molecule has 3 aliphatic rings. The summed E-state index contributed by atoms with van der Waals surface area (Å²) in [6.07, 6.45) is 3.38. The van der Waals surface area contributed by atoms with Crippen molar-refractivity contribution in [2.45, 2.75) is 39.2 Å². The molecule has 0 N–H and O–H groups in total. The Balaban J connectivity index is 1.36. The highest BCUT2D eigenvalue weighted by atomic mass is 19.1. The number of halogens is 1. The minimum Gasteiger partial charge on any atom is -0.342 e. The molecular weight excluding hydrogens is 319 g/mol. The molecule has 1 spiro atoms. The van der Waals surface area contributed by atoms with Crippen molar-refractivity contribution in [3.05, 3.63) is 35.6 Å². The lowest BCUT2D eigenvalue weighted by Gasteiger charge is -2.39. The Bertz CT molecular complexity index is 697. The van der Waals surface area contributed by atoms with Gasteiger partial charge in [0.05, 0.1) is 0 Å². The molecule has 0 radical (unpaired) electrons. The van der Waals surface area contributed by atoms with E-state index in [1.54, 1.807) is 6.07 Å². The minimum atomic E-state index is -0.264. The zero-order valence-electron chi connectivity index (χ0n) is 14.7. The third kappa shape index (κ3) is 3.29. The standard InChI is InChI=1S/C20H25FN2O2/c1-14-9-17(14)19(25)22-7-5-20(6-8-22)11-18(24)23(13-20)12-15-3-2-4-16(21)10-15/h2-4,10,14,17H,5-9,11-13H2,1H3/t14-,17+/m1/s1. The van der Waals surface area contributed by atoms with E-state index in [0.29, 0.717) is 24.8 Å². The lowest BCUT2D eigenvalue weighted by Crippen LogP contribution is -2.45. The first-order valence-corrected chi connectivity index (χ1v) is 9.27. The topological polar surface area (TPSA) is 40.6 Å². The van der Waals surface area contributed by atoms with Crippen molar-refractivity contribution in [1.82, 2.24) is 9.80 Å². The second kappa shape index (κ2) is 6.11. The SMILES string of the molecule is C[C@@H]1C[C@@H]1C(=O)N1CCC2(CC1)CC(=O)N(Cc1cccc(F)c1)C2. The number of rotatable bonds is 3.